The van der Waals surface area contributed by atoms with Gasteiger partial charge < -0.3 is 29.7 Å². The average molecular weight is 484 g/mol. The minimum atomic E-state index is -0.245. The predicted octanol–water partition coefficient (Wildman–Crippen LogP) is 3.42. The number of carbonyl (C=O) groups is 3. The molecule has 1 aromatic rings. The van der Waals surface area contributed by atoms with E-state index in [0.29, 0.717) is 11.7 Å². The molecule has 0 aromatic carbocycles. The molecule has 0 aliphatic heterocycles. The zero-order chi connectivity index (χ0) is 25.1. The quantitative estimate of drug-likeness (QED) is 0.136. The van der Waals surface area contributed by atoms with Crippen LogP contribution in [-0.2, 0) is 28.6 Å². The van der Waals surface area contributed by atoms with Gasteiger partial charge in [0.2, 0.25) is 5.89 Å². The van der Waals surface area contributed by atoms with Gasteiger partial charge in [-0.1, -0.05) is 32.6 Å². The second-order valence-electron chi connectivity index (χ2n) is 4.41. The Morgan fingerprint density at radius 1 is 0.939 bits per heavy atom. The molecule has 0 bridgehead atoms. The molecule has 3 N–H and O–H groups in total. The smallest absolute Gasteiger partial charge is 0.302 e. The molecule has 1 rings (SSSR count). The third-order valence-electron chi connectivity index (χ3n) is 1.65. The van der Waals surface area contributed by atoms with Crippen molar-refractivity contribution in [2.45, 2.75) is 70.7 Å². The predicted molar refractivity (Wildman–Crippen MR) is 127 cm³/mol. The van der Waals surface area contributed by atoms with E-state index >= 15 is 0 Å². The number of oxime groups is 1. The number of amidine groups is 1. The largest absolute Gasteiger partial charge is 0.469 e. The second kappa shape index (κ2) is 42.4. The molecule has 0 saturated carbocycles. The molecule has 33 heavy (non-hydrogen) atoms. The first-order chi connectivity index (χ1) is 13.8. The summed E-state index contributed by atoms with van der Waals surface area (Å²) in [6.07, 6.45) is 0. The van der Waals surface area contributed by atoms with Crippen LogP contribution < -0.4 is 5.73 Å². The Morgan fingerprint density at radius 2 is 1.15 bits per heavy atom. The monoisotopic (exact) mass is 483 g/mol. The number of esters is 3. The number of aromatic nitrogens is 2. The Labute approximate surface area is 198 Å². The SMILES string of the molecule is C.C.C.C/C(N)=N/O.CC#N.COC(C)=O.COC(C)=O.COC(C)=O.Cc1noc(C)n1. The van der Waals surface area contributed by atoms with E-state index in [2.05, 4.69) is 34.0 Å². The minimum Gasteiger partial charge on any atom is -0.469 e. The van der Waals surface area contributed by atoms with Crippen molar-refractivity contribution in [2.75, 3.05) is 21.3 Å². The fourth-order valence-corrected chi connectivity index (χ4v) is 0.401. The van der Waals surface area contributed by atoms with E-state index in [4.69, 9.17) is 16.2 Å². The Kier molecular flexibility index (Phi) is 66.5. The number of aryl methyl sites for hydroxylation is 2. The normalized spacial score (nSPS) is 7.12. The number of ether oxygens (including phenoxy) is 3. The van der Waals surface area contributed by atoms with Crippen molar-refractivity contribution in [1.82, 2.24) is 10.1 Å². The molecular formula is C20H45N5O8. The van der Waals surface area contributed by atoms with Crippen LogP contribution in [0.15, 0.2) is 9.68 Å². The number of carbonyl (C=O) groups excluding carboxylic acids is 3. The van der Waals surface area contributed by atoms with Gasteiger partial charge in [-0.2, -0.15) is 10.2 Å². The van der Waals surface area contributed by atoms with Crippen molar-refractivity contribution in [3.05, 3.63) is 11.7 Å². The van der Waals surface area contributed by atoms with Crippen LogP contribution in [0, 0.1) is 25.2 Å². The van der Waals surface area contributed by atoms with Crippen LogP contribution in [0.5, 0.6) is 0 Å². The number of nitrogens with zero attached hydrogens (tertiary/aromatic N) is 4. The van der Waals surface area contributed by atoms with Gasteiger partial charge in [0.15, 0.2) is 5.82 Å². The highest BCUT2D eigenvalue weighted by Gasteiger charge is 1.90. The Morgan fingerprint density at radius 3 is 1.18 bits per heavy atom. The van der Waals surface area contributed by atoms with E-state index in [1.807, 2.05) is 0 Å². The molecule has 0 amide bonds. The molecule has 0 aliphatic rings. The number of hydrogen-bond acceptors (Lipinski definition) is 12. The number of hydrogen-bond donors (Lipinski definition) is 2. The number of nitrogens with two attached hydrogens (primary N) is 1. The molecule has 0 atom stereocenters. The molecule has 0 radical (unpaired) electrons. The van der Waals surface area contributed by atoms with Crippen LogP contribution >= 0.6 is 0 Å². The maximum atomic E-state index is 9.59. The lowest BCUT2D eigenvalue weighted by Crippen LogP contribution is -2.03. The third-order valence-corrected chi connectivity index (χ3v) is 1.65. The topological polar surface area (TPSA) is 200 Å². The second-order valence-corrected chi connectivity index (χ2v) is 4.41. The Hall–Kier alpha value is -3.69. The summed E-state index contributed by atoms with van der Waals surface area (Å²) in [6, 6.07) is 1.75. The number of rotatable bonds is 0. The van der Waals surface area contributed by atoms with E-state index in [9.17, 15) is 14.4 Å². The lowest BCUT2D eigenvalue weighted by molar-refractivity contribution is -0.138. The van der Waals surface area contributed by atoms with E-state index < -0.39 is 0 Å². The van der Waals surface area contributed by atoms with Crippen molar-refractivity contribution in [3.63, 3.8) is 0 Å². The molecular weight excluding hydrogens is 438 g/mol. The van der Waals surface area contributed by atoms with Gasteiger partial charge in [0.05, 0.1) is 27.4 Å². The van der Waals surface area contributed by atoms with Gasteiger partial charge in [0.1, 0.15) is 5.84 Å². The molecule has 0 spiro atoms. The summed E-state index contributed by atoms with van der Waals surface area (Å²) < 4.78 is 16.9. The molecule has 198 valence electrons. The molecule has 0 unspecified atom stereocenters. The highest BCUT2D eigenvalue weighted by molar-refractivity contribution is 5.76. The number of methoxy groups -OCH3 is 3. The average Bonchev–Trinajstić information content (AvgIpc) is 3.06. The minimum absolute atomic E-state index is 0. The summed E-state index contributed by atoms with van der Waals surface area (Å²) in [5.41, 5.74) is 4.79. The van der Waals surface area contributed by atoms with Crippen LogP contribution in [0.2, 0.25) is 0 Å². The van der Waals surface area contributed by atoms with Gasteiger partial charge in [0.25, 0.3) is 0 Å². The lowest BCUT2D eigenvalue weighted by Gasteiger charge is -1.80. The molecule has 0 saturated heterocycles. The molecule has 0 fully saturated rings. The van der Waals surface area contributed by atoms with Crippen LogP contribution in [0.1, 0.15) is 68.6 Å². The first-order valence-electron chi connectivity index (χ1n) is 7.94. The standard InChI is InChI=1S/C4H6N2O.3C3H6O2.C2H6N2O.C2H3N.3CH4/c1-3-5-4(2)7-6-3;3*1-3(4)5-2;1-2(3)4-5;1-2-3;;;/h1-2H3;3*1-2H3;5H,1H3,(H2,3,4);1H3;3*1H4. The van der Waals surface area contributed by atoms with Crippen LogP contribution in [-0.4, -0.2) is 60.4 Å². The zero-order valence-electron chi connectivity index (χ0n) is 19.2. The maximum Gasteiger partial charge on any atom is 0.302 e. The zero-order valence-corrected chi connectivity index (χ0v) is 19.2. The van der Waals surface area contributed by atoms with Crippen LogP contribution in [0.4, 0.5) is 0 Å². The van der Waals surface area contributed by atoms with Gasteiger partial charge in [-0.05, 0) is 13.8 Å². The summed E-state index contributed by atoms with van der Waals surface area (Å²) in [6.45, 7) is 10.6. The molecule has 0 aliphatic carbocycles. The lowest BCUT2D eigenvalue weighted by atomic mass is 10.7. The molecule has 13 nitrogen and oxygen atoms in total. The first-order valence-corrected chi connectivity index (χ1v) is 7.94. The van der Waals surface area contributed by atoms with Gasteiger partial charge in [-0.25, -0.2) is 0 Å². The van der Waals surface area contributed by atoms with Crippen LogP contribution in [0.25, 0.3) is 0 Å². The van der Waals surface area contributed by atoms with E-state index in [1.54, 1.807) is 19.9 Å². The maximum absolute atomic E-state index is 9.59. The number of nitriles is 1. The first kappa shape index (κ1) is 51.7. The third kappa shape index (κ3) is 111. The van der Waals surface area contributed by atoms with Crippen molar-refractivity contribution in [1.29, 1.82) is 5.26 Å². The summed E-state index contributed by atoms with van der Waals surface area (Å²) in [4.78, 5) is 32.6. The highest BCUT2D eigenvalue weighted by Crippen LogP contribution is 1.89. The van der Waals surface area contributed by atoms with Crippen molar-refractivity contribution >= 4 is 23.7 Å². The van der Waals surface area contributed by atoms with Gasteiger partial charge in [0, 0.05) is 34.6 Å². The summed E-state index contributed by atoms with van der Waals surface area (Å²) in [5.74, 6) is 0.764. The summed E-state index contributed by atoms with van der Waals surface area (Å²) >= 11 is 0. The Bertz CT molecular complexity index is 572. The molecule has 13 heteroatoms. The van der Waals surface area contributed by atoms with E-state index in [1.165, 1.54) is 55.9 Å². The summed E-state index contributed by atoms with van der Waals surface area (Å²) in [5, 5.41) is 21.0. The van der Waals surface area contributed by atoms with Crippen molar-refractivity contribution in [2.24, 2.45) is 10.9 Å². The summed E-state index contributed by atoms with van der Waals surface area (Å²) in [7, 11) is 4.05. The van der Waals surface area contributed by atoms with Crippen molar-refractivity contribution < 1.29 is 38.3 Å². The highest BCUT2D eigenvalue weighted by atomic mass is 16.5. The van der Waals surface area contributed by atoms with Gasteiger partial charge in [-0.15, -0.1) is 0 Å². The fraction of sp³-hybridized carbons (Fsp3) is 0.650. The Balaban J connectivity index is -0.0000000378. The van der Waals surface area contributed by atoms with Gasteiger partial charge >= 0.3 is 17.9 Å². The molecule has 1 heterocycles. The van der Waals surface area contributed by atoms with E-state index in [-0.39, 0.29) is 46.0 Å². The van der Waals surface area contributed by atoms with Crippen molar-refractivity contribution in [3.8, 4) is 6.07 Å². The van der Waals surface area contributed by atoms with Gasteiger partial charge in [-0.3, -0.25) is 14.4 Å². The van der Waals surface area contributed by atoms with Crippen LogP contribution in [0.3, 0.4) is 0 Å². The fourth-order valence-electron chi connectivity index (χ4n) is 0.401. The molecule has 1 aromatic heterocycles. The van der Waals surface area contributed by atoms with E-state index in [0.717, 1.165) is 0 Å².